The molecule has 1 aromatic heterocycles. The monoisotopic (exact) mass is 357 g/mol. The molecule has 2 rings (SSSR count). The second kappa shape index (κ2) is 5.72. The van der Waals surface area contributed by atoms with E-state index in [4.69, 9.17) is 11.6 Å². The van der Waals surface area contributed by atoms with Gasteiger partial charge in [-0.3, -0.25) is 19.5 Å². The van der Waals surface area contributed by atoms with Gasteiger partial charge < -0.3 is 0 Å². The molecule has 0 spiro atoms. The molecule has 0 saturated carbocycles. The normalized spacial score (nSPS) is 10.6. The van der Waals surface area contributed by atoms with Crippen molar-refractivity contribution in [2.75, 3.05) is 0 Å². The molecule has 2 aromatic rings. The van der Waals surface area contributed by atoms with E-state index >= 15 is 0 Å². The van der Waals surface area contributed by atoms with Crippen LogP contribution in [0.2, 0.25) is 5.15 Å². The van der Waals surface area contributed by atoms with Crippen LogP contribution in [0, 0.1) is 17.0 Å². The molecule has 0 bridgehead atoms. The predicted octanol–water partition coefficient (Wildman–Crippen LogP) is 2.92. The average molecular weight is 359 g/mol. The maximum Gasteiger partial charge on any atom is 0.272 e. The van der Waals surface area contributed by atoms with Crippen LogP contribution in [0.25, 0.3) is 0 Å². The summed E-state index contributed by atoms with van der Waals surface area (Å²) in [7, 11) is 0. The smallest absolute Gasteiger partial charge is 0.272 e. The minimum Gasteiger partial charge on any atom is -0.294 e. The number of aromatic nitrogens is 2. The molecule has 1 aromatic carbocycles. The number of benzene rings is 1. The second-order valence-corrected chi connectivity index (χ2v) is 5.25. The highest BCUT2D eigenvalue weighted by Crippen LogP contribution is 2.22. The minimum atomic E-state index is -0.447. The van der Waals surface area contributed by atoms with Crippen molar-refractivity contribution in [3.05, 3.63) is 65.7 Å². The van der Waals surface area contributed by atoms with Gasteiger partial charge >= 0.3 is 0 Å². The van der Waals surface area contributed by atoms with Crippen LogP contribution in [0.3, 0.4) is 0 Å². The van der Waals surface area contributed by atoms with Crippen molar-refractivity contribution < 1.29 is 4.92 Å². The highest BCUT2D eigenvalue weighted by Gasteiger charge is 2.14. The summed E-state index contributed by atoms with van der Waals surface area (Å²) < 4.78 is 1.51. The van der Waals surface area contributed by atoms with Gasteiger partial charge in [-0.05, 0) is 28.4 Å². The van der Waals surface area contributed by atoms with Gasteiger partial charge in [0.15, 0.2) is 5.15 Å². The highest BCUT2D eigenvalue weighted by molar-refractivity contribution is 9.10. The Morgan fingerprint density at radius 2 is 2.20 bits per heavy atom. The number of nitro benzene ring substituents is 1. The quantitative estimate of drug-likeness (QED) is 0.480. The van der Waals surface area contributed by atoms with E-state index in [0.717, 1.165) is 0 Å². The van der Waals surface area contributed by atoms with Crippen LogP contribution in [0.1, 0.15) is 11.1 Å². The van der Waals surface area contributed by atoms with Gasteiger partial charge in [-0.2, -0.15) is 0 Å². The Morgan fingerprint density at radius 3 is 2.85 bits per heavy atom. The van der Waals surface area contributed by atoms with Crippen molar-refractivity contribution in [1.82, 2.24) is 9.55 Å². The molecule has 0 aliphatic heterocycles. The van der Waals surface area contributed by atoms with E-state index in [1.54, 1.807) is 19.1 Å². The van der Waals surface area contributed by atoms with Crippen LogP contribution in [0.4, 0.5) is 5.69 Å². The first-order valence-corrected chi connectivity index (χ1v) is 6.72. The van der Waals surface area contributed by atoms with Crippen molar-refractivity contribution >= 4 is 33.2 Å². The van der Waals surface area contributed by atoms with Gasteiger partial charge in [0.25, 0.3) is 11.2 Å². The van der Waals surface area contributed by atoms with Crippen molar-refractivity contribution in [2.45, 2.75) is 13.5 Å². The van der Waals surface area contributed by atoms with Gasteiger partial charge in [-0.1, -0.05) is 23.7 Å². The van der Waals surface area contributed by atoms with Gasteiger partial charge in [-0.15, -0.1) is 0 Å². The Balaban J connectivity index is 2.46. The predicted molar refractivity (Wildman–Crippen MR) is 78.1 cm³/mol. The maximum atomic E-state index is 12.0. The van der Waals surface area contributed by atoms with Crippen molar-refractivity contribution in [1.29, 1.82) is 0 Å². The molecule has 8 heteroatoms. The molecule has 0 atom stereocenters. The van der Waals surface area contributed by atoms with E-state index in [1.165, 1.54) is 17.0 Å². The first-order valence-electron chi connectivity index (χ1n) is 5.55. The standard InChI is InChI=1S/C12H9BrClN3O3/c1-7-8(3-2-4-9(7)17(19)20)5-16-6-15-11(14)10(13)12(16)18/h2-4,6H,5H2,1H3. The van der Waals surface area contributed by atoms with Crippen LogP contribution in [0.15, 0.2) is 33.8 Å². The lowest BCUT2D eigenvalue weighted by Crippen LogP contribution is -2.22. The topological polar surface area (TPSA) is 78.0 Å². The zero-order valence-corrected chi connectivity index (χ0v) is 12.7. The third-order valence-electron chi connectivity index (χ3n) is 2.89. The van der Waals surface area contributed by atoms with Crippen LogP contribution >= 0.6 is 27.5 Å². The molecule has 0 unspecified atom stereocenters. The second-order valence-electron chi connectivity index (χ2n) is 4.10. The van der Waals surface area contributed by atoms with Crippen molar-refractivity contribution in [3.8, 4) is 0 Å². The lowest BCUT2D eigenvalue weighted by Gasteiger charge is -2.09. The Labute approximate surface area is 127 Å². The molecule has 0 radical (unpaired) electrons. The number of hydrogen-bond acceptors (Lipinski definition) is 4. The first kappa shape index (κ1) is 14.7. The highest BCUT2D eigenvalue weighted by atomic mass is 79.9. The average Bonchev–Trinajstić information content (AvgIpc) is 2.41. The molecule has 6 nitrogen and oxygen atoms in total. The summed E-state index contributed by atoms with van der Waals surface area (Å²) in [6, 6.07) is 4.75. The molecule has 0 N–H and O–H groups in total. The first-order chi connectivity index (χ1) is 9.41. The molecule has 1 heterocycles. The lowest BCUT2D eigenvalue weighted by atomic mass is 10.1. The van der Waals surface area contributed by atoms with E-state index in [-0.39, 0.29) is 27.4 Å². The van der Waals surface area contributed by atoms with E-state index < -0.39 is 4.92 Å². The summed E-state index contributed by atoms with van der Waals surface area (Å²) in [5, 5.41) is 11.0. The molecule has 0 saturated heterocycles. The summed E-state index contributed by atoms with van der Waals surface area (Å²) in [5.41, 5.74) is 0.889. The van der Waals surface area contributed by atoms with Crippen LogP contribution < -0.4 is 5.56 Å². The Morgan fingerprint density at radius 1 is 1.50 bits per heavy atom. The Bertz CT molecular complexity index is 745. The van der Waals surface area contributed by atoms with E-state index in [9.17, 15) is 14.9 Å². The number of halogens is 2. The lowest BCUT2D eigenvalue weighted by molar-refractivity contribution is -0.385. The fourth-order valence-corrected chi connectivity index (χ4v) is 2.23. The van der Waals surface area contributed by atoms with Gasteiger partial charge in [0, 0.05) is 11.6 Å². The third-order valence-corrected chi connectivity index (χ3v) is 4.12. The fourth-order valence-electron chi connectivity index (χ4n) is 1.78. The largest absolute Gasteiger partial charge is 0.294 e. The molecule has 0 aliphatic rings. The summed E-state index contributed by atoms with van der Waals surface area (Å²) in [5.74, 6) is 0. The SMILES string of the molecule is Cc1c(Cn2cnc(Cl)c(Br)c2=O)cccc1[N+](=O)[O-]. The zero-order valence-electron chi connectivity index (χ0n) is 10.3. The van der Waals surface area contributed by atoms with Gasteiger partial charge in [0.1, 0.15) is 4.47 Å². The van der Waals surface area contributed by atoms with Crippen LogP contribution in [-0.2, 0) is 6.54 Å². The van der Waals surface area contributed by atoms with E-state index in [1.807, 2.05) is 0 Å². The molecular formula is C12H9BrClN3O3. The van der Waals surface area contributed by atoms with Gasteiger partial charge in [0.2, 0.25) is 0 Å². The van der Waals surface area contributed by atoms with Gasteiger partial charge in [0.05, 0.1) is 17.8 Å². The summed E-state index contributed by atoms with van der Waals surface area (Å²) in [6.45, 7) is 1.84. The van der Waals surface area contributed by atoms with Gasteiger partial charge in [-0.25, -0.2) is 4.98 Å². The number of hydrogen-bond donors (Lipinski definition) is 0. The molecule has 20 heavy (non-hydrogen) atoms. The third kappa shape index (κ3) is 2.73. The molecule has 0 aliphatic carbocycles. The summed E-state index contributed by atoms with van der Waals surface area (Å²) in [4.78, 5) is 26.3. The zero-order chi connectivity index (χ0) is 14.9. The van der Waals surface area contributed by atoms with E-state index in [0.29, 0.717) is 11.1 Å². The van der Waals surface area contributed by atoms with Crippen molar-refractivity contribution in [3.63, 3.8) is 0 Å². The summed E-state index contributed by atoms with van der Waals surface area (Å²) >= 11 is 8.79. The number of rotatable bonds is 3. The van der Waals surface area contributed by atoms with Crippen molar-refractivity contribution in [2.24, 2.45) is 0 Å². The Kier molecular flexibility index (Phi) is 4.20. The molecule has 0 amide bonds. The fraction of sp³-hybridized carbons (Fsp3) is 0.167. The molecule has 104 valence electrons. The molecule has 0 fully saturated rings. The Hall–Kier alpha value is -1.73. The molecular weight excluding hydrogens is 350 g/mol. The maximum absolute atomic E-state index is 12.0. The number of nitro groups is 1. The summed E-state index contributed by atoms with van der Waals surface area (Å²) in [6.07, 6.45) is 1.31. The number of nitrogens with zero attached hydrogens (tertiary/aromatic N) is 3. The van der Waals surface area contributed by atoms with Crippen LogP contribution in [0.5, 0.6) is 0 Å². The van der Waals surface area contributed by atoms with E-state index in [2.05, 4.69) is 20.9 Å². The minimum absolute atomic E-state index is 0.0246. The van der Waals surface area contributed by atoms with Crippen LogP contribution in [-0.4, -0.2) is 14.5 Å².